The number of nitrogens with two attached hydrogens (primary N) is 1. The zero-order chi connectivity index (χ0) is 11.1. The van der Waals surface area contributed by atoms with Crippen molar-refractivity contribution >= 4 is 15.6 Å². The lowest BCUT2D eigenvalue weighted by atomic mass is 9.93. The van der Waals surface area contributed by atoms with Gasteiger partial charge in [0.2, 0.25) is 5.91 Å². The average molecular weight is 212 g/mol. The summed E-state index contributed by atoms with van der Waals surface area (Å²) in [5.74, 6) is 0.118. The fraction of sp³-hybridized carbons (Fsp3) is 0.900. The van der Waals surface area contributed by atoms with Gasteiger partial charge in [0.15, 0.2) is 9.68 Å². The van der Waals surface area contributed by atoms with Gasteiger partial charge >= 0.3 is 0 Å². The van der Waals surface area contributed by atoms with Crippen molar-refractivity contribution in [3.8, 4) is 0 Å². The molecular formula is C10H20N2OSi. The lowest BCUT2D eigenvalue weighted by Gasteiger charge is -2.46. The summed E-state index contributed by atoms with van der Waals surface area (Å²) in [5, 5.41) is 0. The predicted octanol–water partition coefficient (Wildman–Crippen LogP) is 1.02. The summed E-state index contributed by atoms with van der Waals surface area (Å²) in [5.41, 5.74) is 6.45. The van der Waals surface area contributed by atoms with Crippen LogP contribution in [0.3, 0.4) is 0 Å². The van der Waals surface area contributed by atoms with Gasteiger partial charge in [0.25, 0.3) is 0 Å². The lowest BCUT2D eigenvalue weighted by Crippen LogP contribution is -2.69. The van der Waals surface area contributed by atoms with Crippen LogP contribution in [-0.4, -0.2) is 32.2 Å². The van der Waals surface area contributed by atoms with Crippen LogP contribution in [0.4, 0.5) is 0 Å². The molecule has 0 spiro atoms. The Hall–Kier alpha value is -0.353. The zero-order valence-electron chi connectivity index (χ0n) is 9.66. The van der Waals surface area contributed by atoms with Crippen LogP contribution in [0.5, 0.6) is 0 Å². The van der Waals surface area contributed by atoms with E-state index in [0.29, 0.717) is 15.2 Å². The highest BCUT2D eigenvalue weighted by atomic mass is 28.2. The zero-order valence-corrected chi connectivity index (χ0v) is 10.7. The summed E-state index contributed by atoms with van der Waals surface area (Å²) in [6.07, 6.45) is 0. The van der Waals surface area contributed by atoms with Gasteiger partial charge in [0, 0.05) is 6.04 Å². The first-order chi connectivity index (χ1) is 6.25. The van der Waals surface area contributed by atoms with Crippen LogP contribution in [0.2, 0.25) is 5.54 Å². The molecule has 1 aliphatic rings. The second-order valence-corrected chi connectivity index (χ2v) is 6.80. The van der Waals surface area contributed by atoms with Crippen molar-refractivity contribution in [2.24, 2.45) is 11.1 Å². The molecule has 3 unspecified atom stereocenters. The second kappa shape index (κ2) is 3.66. The first-order valence-corrected chi connectivity index (χ1v) is 6.12. The van der Waals surface area contributed by atoms with E-state index in [1.54, 1.807) is 0 Å². The van der Waals surface area contributed by atoms with Crippen molar-refractivity contribution in [3.05, 3.63) is 0 Å². The minimum Gasteiger partial charge on any atom is -0.364 e. The molecule has 1 rings (SSSR count). The minimum absolute atomic E-state index is 0.118. The molecule has 0 bridgehead atoms. The van der Waals surface area contributed by atoms with Crippen LogP contribution in [0.1, 0.15) is 34.6 Å². The molecule has 1 heterocycles. The van der Waals surface area contributed by atoms with Gasteiger partial charge in [-0.05, 0) is 17.9 Å². The summed E-state index contributed by atoms with van der Waals surface area (Å²) < 4.78 is 1.92. The number of hydrogen-bond donors (Lipinski definition) is 1. The Kier molecular flexibility index (Phi) is 3.06. The van der Waals surface area contributed by atoms with Gasteiger partial charge < -0.3 is 10.3 Å². The highest BCUT2D eigenvalue weighted by molar-refractivity contribution is 6.40. The molecule has 14 heavy (non-hydrogen) atoms. The molecule has 0 saturated carbocycles. The van der Waals surface area contributed by atoms with E-state index in [2.05, 4.69) is 27.7 Å². The molecule has 1 aliphatic heterocycles. The van der Waals surface area contributed by atoms with Crippen molar-refractivity contribution in [1.29, 1.82) is 0 Å². The molecule has 0 aromatic heterocycles. The van der Waals surface area contributed by atoms with E-state index in [0.717, 1.165) is 0 Å². The summed E-state index contributed by atoms with van der Waals surface area (Å²) >= 11 is 0. The van der Waals surface area contributed by atoms with Crippen LogP contribution in [0.15, 0.2) is 0 Å². The highest BCUT2D eigenvalue weighted by Gasteiger charge is 2.43. The summed E-state index contributed by atoms with van der Waals surface area (Å²) in [4.78, 5) is 11.4. The number of nitrogens with zero attached hydrogens (tertiary/aromatic N) is 1. The summed E-state index contributed by atoms with van der Waals surface area (Å²) in [6, 6.07) is -0.0275. The number of carbonyl (C=O) groups excluding carboxylic acids is 1. The topological polar surface area (TPSA) is 46.3 Å². The van der Waals surface area contributed by atoms with Crippen LogP contribution in [-0.2, 0) is 4.79 Å². The molecule has 0 aromatic rings. The van der Waals surface area contributed by atoms with Gasteiger partial charge in [-0.25, -0.2) is 0 Å². The monoisotopic (exact) mass is 212 g/mol. The number of carbonyl (C=O) groups is 1. The Bertz CT molecular complexity index is 237. The summed E-state index contributed by atoms with van der Waals surface area (Å²) in [6.45, 7) is 10.8. The molecule has 3 atom stereocenters. The van der Waals surface area contributed by atoms with E-state index >= 15 is 0 Å². The molecule has 2 radical (unpaired) electrons. The minimum atomic E-state index is -0.255. The fourth-order valence-corrected chi connectivity index (χ4v) is 2.71. The van der Waals surface area contributed by atoms with E-state index in [-0.39, 0.29) is 23.4 Å². The standard InChI is InChI=1S/C10H20N2OSi/c1-6-8(11)9(13)12(6)14-7(2)10(3,4)5/h6-8H,11H2,1-5H3. The van der Waals surface area contributed by atoms with Crippen molar-refractivity contribution < 1.29 is 4.79 Å². The molecule has 4 heteroatoms. The molecule has 3 nitrogen and oxygen atoms in total. The lowest BCUT2D eigenvalue weighted by molar-refractivity contribution is -0.140. The largest absolute Gasteiger partial charge is 0.364 e. The van der Waals surface area contributed by atoms with E-state index < -0.39 is 0 Å². The molecule has 1 amide bonds. The van der Waals surface area contributed by atoms with Crippen LogP contribution < -0.4 is 5.73 Å². The van der Waals surface area contributed by atoms with Gasteiger partial charge in [-0.2, -0.15) is 0 Å². The highest BCUT2D eigenvalue weighted by Crippen LogP contribution is 2.32. The maximum atomic E-state index is 11.4. The molecular weight excluding hydrogens is 192 g/mol. The molecule has 0 aromatic carbocycles. The van der Waals surface area contributed by atoms with Crippen molar-refractivity contribution in [1.82, 2.24) is 4.57 Å². The first-order valence-electron chi connectivity index (χ1n) is 5.10. The molecule has 2 N–H and O–H groups in total. The third-order valence-corrected chi connectivity index (χ3v) is 5.24. The van der Waals surface area contributed by atoms with E-state index in [9.17, 15) is 4.79 Å². The van der Waals surface area contributed by atoms with Gasteiger partial charge in [-0.1, -0.05) is 27.7 Å². The normalized spacial score (nSPS) is 30.1. The number of amides is 1. The number of β-lactam (4-membered cyclic amide) rings is 1. The Labute approximate surface area is 88.9 Å². The smallest absolute Gasteiger partial charge is 0.233 e. The molecule has 80 valence electrons. The first kappa shape index (κ1) is 11.7. The maximum absolute atomic E-state index is 11.4. The fourth-order valence-electron chi connectivity index (χ4n) is 1.23. The van der Waals surface area contributed by atoms with E-state index in [4.69, 9.17) is 5.73 Å². The van der Waals surface area contributed by atoms with Crippen LogP contribution >= 0.6 is 0 Å². The second-order valence-electron chi connectivity index (χ2n) is 5.19. The van der Waals surface area contributed by atoms with Gasteiger partial charge in [-0.3, -0.25) is 4.79 Å². The van der Waals surface area contributed by atoms with Crippen molar-refractivity contribution in [2.45, 2.75) is 52.2 Å². The average Bonchev–Trinajstić information content (AvgIpc) is 2.10. The Balaban J connectivity index is 2.51. The maximum Gasteiger partial charge on any atom is 0.233 e. The van der Waals surface area contributed by atoms with Crippen molar-refractivity contribution in [3.63, 3.8) is 0 Å². The SMILES string of the molecule is CC1C(N)C(=O)N1[Si]C(C)C(C)(C)C. The van der Waals surface area contributed by atoms with Gasteiger partial charge in [-0.15, -0.1) is 0 Å². The van der Waals surface area contributed by atoms with Gasteiger partial charge in [0.1, 0.15) is 6.04 Å². The number of rotatable bonds is 2. The molecule has 1 saturated heterocycles. The quantitative estimate of drug-likeness (QED) is 0.549. The molecule has 1 fully saturated rings. The Morgan fingerprint density at radius 1 is 1.50 bits per heavy atom. The van der Waals surface area contributed by atoms with Crippen molar-refractivity contribution in [2.75, 3.05) is 0 Å². The Morgan fingerprint density at radius 2 is 2.00 bits per heavy atom. The number of hydrogen-bond acceptors (Lipinski definition) is 2. The van der Waals surface area contributed by atoms with Crippen LogP contribution in [0.25, 0.3) is 0 Å². The van der Waals surface area contributed by atoms with E-state index in [1.807, 2.05) is 11.5 Å². The Morgan fingerprint density at radius 3 is 2.36 bits per heavy atom. The third-order valence-electron chi connectivity index (χ3n) is 3.08. The van der Waals surface area contributed by atoms with E-state index in [1.165, 1.54) is 0 Å². The van der Waals surface area contributed by atoms with Crippen LogP contribution in [0, 0.1) is 5.41 Å². The predicted molar refractivity (Wildman–Crippen MR) is 58.9 cm³/mol. The molecule has 0 aliphatic carbocycles. The summed E-state index contributed by atoms with van der Waals surface area (Å²) in [7, 11) is 0.568. The third kappa shape index (κ3) is 2.01. The van der Waals surface area contributed by atoms with Gasteiger partial charge in [0.05, 0.1) is 0 Å².